The van der Waals surface area contributed by atoms with E-state index >= 15 is 0 Å². The van der Waals surface area contributed by atoms with Gasteiger partial charge in [0.1, 0.15) is 6.61 Å². The maximum Gasteiger partial charge on any atom is 0.407 e. The van der Waals surface area contributed by atoms with E-state index in [1.807, 2.05) is 30.3 Å². The average molecular weight is 248 g/mol. The first-order valence-electron chi connectivity index (χ1n) is 6.43. The predicted octanol–water partition coefficient (Wildman–Crippen LogP) is 1.91. The first kappa shape index (κ1) is 12.9. The summed E-state index contributed by atoms with van der Waals surface area (Å²) in [5, 5.41) is 6.24. The Bertz CT molecular complexity index is 381. The minimum atomic E-state index is -0.322. The molecule has 1 fully saturated rings. The third kappa shape index (κ3) is 3.74. The number of hydrogen-bond acceptors (Lipinski definition) is 3. The smallest absolute Gasteiger partial charge is 0.407 e. The normalized spacial score (nSPS) is 23.4. The van der Waals surface area contributed by atoms with Crippen LogP contribution >= 0.6 is 0 Å². The Morgan fingerprint density at radius 1 is 1.44 bits per heavy atom. The maximum absolute atomic E-state index is 11.7. The van der Waals surface area contributed by atoms with Crippen molar-refractivity contribution in [3.8, 4) is 0 Å². The highest BCUT2D eigenvalue weighted by Gasteiger charge is 2.22. The second-order valence-electron chi connectivity index (χ2n) is 4.78. The number of rotatable bonds is 3. The van der Waals surface area contributed by atoms with Gasteiger partial charge in [0.25, 0.3) is 0 Å². The minimum Gasteiger partial charge on any atom is -0.445 e. The number of carbonyl (C=O) groups is 1. The zero-order chi connectivity index (χ0) is 12.8. The molecule has 1 amide bonds. The lowest BCUT2D eigenvalue weighted by Crippen LogP contribution is -2.48. The first-order valence-corrected chi connectivity index (χ1v) is 6.43. The highest BCUT2D eigenvalue weighted by atomic mass is 16.5. The molecule has 2 atom stereocenters. The van der Waals surface area contributed by atoms with E-state index in [0.29, 0.717) is 12.5 Å². The van der Waals surface area contributed by atoms with Crippen molar-refractivity contribution in [3.63, 3.8) is 0 Å². The molecule has 4 nitrogen and oxygen atoms in total. The van der Waals surface area contributed by atoms with Crippen molar-refractivity contribution in [1.29, 1.82) is 0 Å². The van der Waals surface area contributed by atoms with Crippen molar-refractivity contribution >= 4 is 6.09 Å². The van der Waals surface area contributed by atoms with Crippen LogP contribution in [0.25, 0.3) is 0 Å². The molecule has 98 valence electrons. The zero-order valence-corrected chi connectivity index (χ0v) is 10.7. The standard InChI is InChI=1S/C14H20N2O2/c1-11-9-15-8-7-13(11)16-14(17)18-10-12-5-3-2-4-6-12/h2-6,11,13,15H,7-10H2,1H3,(H,16,17)/t11-,13+/m0/s1. The van der Waals surface area contributed by atoms with Gasteiger partial charge in [-0.3, -0.25) is 0 Å². The third-order valence-corrected chi connectivity index (χ3v) is 3.30. The summed E-state index contributed by atoms with van der Waals surface area (Å²) in [6.07, 6.45) is 0.638. The molecule has 1 heterocycles. The lowest BCUT2D eigenvalue weighted by atomic mass is 9.96. The van der Waals surface area contributed by atoms with Gasteiger partial charge in [-0.15, -0.1) is 0 Å². The number of hydrogen-bond donors (Lipinski definition) is 2. The molecule has 1 aromatic carbocycles. The molecular weight excluding hydrogens is 228 g/mol. The first-order chi connectivity index (χ1) is 8.75. The molecule has 1 aliphatic rings. The van der Waals surface area contributed by atoms with E-state index in [9.17, 15) is 4.79 Å². The number of alkyl carbamates (subject to hydrolysis) is 1. The van der Waals surface area contributed by atoms with Gasteiger partial charge in [-0.05, 0) is 31.0 Å². The van der Waals surface area contributed by atoms with Crippen LogP contribution in [-0.2, 0) is 11.3 Å². The lowest BCUT2D eigenvalue weighted by molar-refractivity contribution is 0.129. The Balaban J connectivity index is 1.75. The van der Waals surface area contributed by atoms with E-state index in [4.69, 9.17) is 4.74 Å². The largest absolute Gasteiger partial charge is 0.445 e. The van der Waals surface area contributed by atoms with Crippen LogP contribution in [0.2, 0.25) is 0 Å². The van der Waals surface area contributed by atoms with Crippen molar-refractivity contribution in [1.82, 2.24) is 10.6 Å². The van der Waals surface area contributed by atoms with Gasteiger partial charge >= 0.3 is 6.09 Å². The fourth-order valence-electron chi connectivity index (χ4n) is 2.14. The van der Waals surface area contributed by atoms with Gasteiger partial charge in [-0.25, -0.2) is 4.79 Å². The van der Waals surface area contributed by atoms with E-state index in [1.165, 1.54) is 0 Å². The summed E-state index contributed by atoms with van der Waals surface area (Å²) in [4.78, 5) is 11.7. The minimum absolute atomic E-state index is 0.217. The molecule has 4 heteroatoms. The van der Waals surface area contributed by atoms with Crippen LogP contribution in [0.1, 0.15) is 18.9 Å². The maximum atomic E-state index is 11.7. The van der Waals surface area contributed by atoms with Crippen LogP contribution in [0.5, 0.6) is 0 Å². The van der Waals surface area contributed by atoms with Gasteiger partial charge < -0.3 is 15.4 Å². The van der Waals surface area contributed by atoms with Crippen molar-refractivity contribution in [2.75, 3.05) is 13.1 Å². The summed E-state index contributed by atoms with van der Waals surface area (Å²) in [5.74, 6) is 0.447. The Hall–Kier alpha value is -1.55. The Kier molecular flexibility index (Phi) is 4.59. The molecule has 0 spiro atoms. The Labute approximate surface area is 108 Å². The summed E-state index contributed by atoms with van der Waals surface area (Å²) in [7, 11) is 0. The van der Waals surface area contributed by atoms with Gasteiger partial charge in [0.2, 0.25) is 0 Å². The van der Waals surface area contributed by atoms with Crippen LogP contribution in [0.4, 0.5) is 4.79 Å². The second-order valence-corrected chi connectivity index (χ2v) is 4.78. The number of carbonyl (C=O) groups excluding carboxylic acids is 1. The molecule has 0 unspecified atom stereocenters. The molecule has 2 rings (SSSR count). The molecule has 2 N–H and O–H groups in total. The van der Waals surface area contributed by atoms with Crippen molar-refractivity contribution in [2.24, 2.45) is 5.92 Å². The van der Waals surface area contributed by atoms with Crippen LogP contribution in [0.3, 0.4) is 0 Å². The molecule has 18 heavy (non-hydrogen) atoms. The number of benzene rings is 1. The summed E-state index contributed by atoms with van der Waals surface area (Å²) >= 11 is 0. The van der Waals surface area contributed by atoms with Gasteiger partial charge in [0.15, 0.2) is 0 Å². The third-order valence-electron chi connectivity index (χ3n) is 3.30. The highest BCUT2D eigenvalue weighted by molar-refractivity contribution is 5.67. The summed E-state index contributed by atoms with van der Waals surface area (Å²) in [6, 6.07) is 9.92. The van der Waals surface area contributed by atoms with Crippen LogP contribution < -0.4 is 10.6 Å². The van der Waals surface area contributed by atoms with Gasteiger partial charge in [-0.1, -0.05) is 37.3 Å². The zero-order valence-electron chi connectivity index (χ0n) is 10.7. The molecule has 1 aliphatic heterocycles. The van der Waals surface area contributed by atoms with E-state index < -0.39 is 0 Å². The summed E-state index contributed by atoms with van der Waals surface area (Å²) in [6.45, 7) is 4.36. The molecule has 0 aliphatic carbocycles. The van der Waals surface area contributed by atoms with Crippen molar-refractivity contribution in [2.45, 2.75) is 26.0 Å². The van der Waals surface area contributed by atoms with Crippen molar-refractivity contribution in [3.05, 3.63) is 35.9 Å². The van der Waals surface area contributed by atoms with Crippen LogP contribution in [-0.4, -0.2) is 25.2 Å². The average Bonchev–Trinajstić information content (AvgIpc) is 2.40. The van der Waals surface area contributed by atoms with Crippen molar-refractivity contribution < 1.29 is 9.53 Å². The second kappa shape index (κ2) is 6.40. The molecule has 1 saturated heterocycles. The molecule has 0 radical (unpaired) electrons. The van der Waals surface area contributed by atoms with E-state index in [2.05, 4.69) is 17.6 Å². The summed E-state index contributed by atoms with van der Waals surface area (Å²) in [5.41, 5.74) is 1.01. The fraction of sp³-hybridized carbons (Fsp3) is 0.500. The molecule has 1 aromatic rings. The van der Waals surface area contributed by atoms with E-state index in [0.717, 1.165) is 25.1 Å². The van der Waals surface area contributed by atoms with Gasteiger partial charge in [-0.2, -0.15) is 0 Å². The van der Waals surface area contributed by atoms with Gasteiger partial charge in [0.05, 0.1) is 0 Å². The van der Waals surface area contributed by atoms with E-state index in [-0.39, 0.29) is 12.1 Å². The predicted molar refractivity (Wildman–Crippen MR) is 70.2 cm³/mol. The highest BCUT2D eigenvalue weighted by Crippen LogP contribution is 2.10. The molecular formula is C14H20N2O2. The Morgan fingerprint density at radius 3 is 2.94 bits per heavy atom. The lowest BCUT2D eigenvalue weighted by Gasteiger charge is -2.29. The SMILES string of the molecule is C[C@H]1CNCC[C@H]1NC(=O)OCc1ccccc1. The van der Waals surface area contributed by atoms with Gasteiger partial charge in [0, 0.05) is 6.04 Å². The van der Waals surface area contributed by atoms with Crippen LogP contribution in [0, 0.1) is 5.92 Å². The number of nitrogens with one attached hydrogen (secondary N) is 2. The molecule has 0 aromatic heterocycles. The number of amides is 1. The molecule has 0 bridgehead atoms. The fourth-order valence-corrected chi connectivity index (χ4v) is 2.14. The monoisotopic (exact) mass is 248 g/mol. The topological polar surface area (TPSA) is 50.4 Å². The summed E-state index contributed by atoms with van der Waals surface area (Å²) < 4.78 is 5.21. The number of ether oxygens (including phenoxy) is 1. The van der Waals surface area contributed by atoms with E-state index in [1.54, 1.807) is 0 Å². The molecule has 0 saturated carbocycles. The Morgan fingerprint density at radius 2 is 2.22 bits per heavy atom. The quantitative estimate of drug-likeness (QED) is 0.859. The van der Waals surface area contributed by atoms with Crippen LogP contribution in [0.15, 0.2) is 30.3 Å². The number of piperidine rings is 1.